The molecule has 0 aliphatic rings. The molecule has 0 fully saturated rings. The summed E-state index contributed by atoms with van der Waals surface area (Å²) in [5, 5.41) is 7.83. The van der Waals surface area contributed by atoms with Crippen molar-refractivity contribution in [2.75, 3.05) is 5.88 Å². The Morgan fingerprint density at radius 2 is 2.14 bits per heavy atom. The van der Waals surface area contributed by atoms with Crippen molar-refractivity contribution in [2.45, 2.75) is 6.42 Å². The number of carbonyl (C=O) groups is 1. The van der Waals surface area contributed by atoms with Crippen molar-refractivity contribution in [3.05, 3.63) is 0 Å². The Morgan fingerprint density at radius 3 is 2.14 bits per heavy atom. The third-order valence-electron chi connectivity index (χ3n) is 0.308. The molecule has 0 amide bonds. The van der Waals surface area contributed by atoms with E-state index in [0.717, 1.165) is 0 Å². The van der Waals surface area contributed by atoms with E-state index in [4.69, 9.17) is 16.7 Å². The third kappa shape index (κ3) is 10.8. The summed E-state index contributed by atoms with van der Waals surface area (Å²) in [6.45, 7) is 0. The molecule has 4 heteroatoms. The topological polar surface area (TPSA) is 37.3 Å². The second-order valence-electron chi connectivity index (χ2n) is 0.833. The van der Waals surface area contributed by atoms with Crippen molar-refractivity contribution in [3.63, 3.8) is 0 Å². The Kier molecular flexibility index (Phi) is 10.3. The van der Waals surface area contributed by atoms with Gasteiger partial charge in [-0.1, -0.05) is 0 Å². The Labute approximate surface area is 69.1 Å². The van der Waals surface area contributed by atoms with E-state index in [-0.39, 0.29) is 41.9 Å². The van der Waals surface area contributed by atoms with Crippen LogP contribution in [0.5, 0.6) is 0 Å². The van der Waals surface area contributed by atoms with Crippen LogP contribution in [0, 0.1) is 0 Å². The molecule has 0 aromatic heterocycles. The van der Waals surface area contributed by atoms with Crippen molar-refractivity contribution >= 4 is 47.1 Å². The minimum absolute atomic E-state index is 0. The monoisotopic (exact) mass is 131 g/mol. The first-order valence-corrected chi connectivity index (χ1v) is 2.08. The normalized spacial score (nSPS) is 7.00. The van der Waals surface area contributed by atoms with E-state index in [0.29, 0.717) is 0 Å². The molecule has 2 nitrogen and oxygen atoms in total. The predicted octanol–water partition coefficient (Wildman–Crippen LogP) is 0.319. The van der Waals surface area contributed by atoms with Gasteiger partial charge in [0.05, 0.1) is 6.42 Å². The number of carboxylic acid groups (broad SMARTS) is 1. The first-order chi connectivity index (χ1) is 2.77. The molecule has 0 saturated carbocycles. The number of halogens is 1. The van der Waals surface area contributed by atoms with E-state index in [2.05, 4.69) is 0 Å². The van der Waals surface area contributed by atoms with Crippen LogP contribution in [0.2, 0.25) is 0 Å². The van der Waals surface area contributed by atoms with Crippen LogP contribution in [0.4, 0.5) is 0 Å². The second-order valence-corrected chi connectivity index (χ2v) is 1.21. The summed E-state index contributed by atoms with van der Waals surface area (Å²) in [5.74, 6) is -0.639. The van der Waals surface area contributed by atoms with Gasteiger partial charge in [-0.2, -0.15) is 0 Å². The van der Waals surface area contributed by atoms with Crippen LogP contribution in [-0.4, -0.2) is 46.5 Å². The number of rotatable bonds is 2. The van der Waals surface area contributed by atoms with Crippen LogP contribution in [-0.2, 0) is 4.79 Å². The zero-order chi connectivity index (χ0) is 4.99. The van der Waals surface area contributed by atoms with Gasteiger partial charge in [-0.05, 0) is 0 Å². The van der Waals surface area contributed by atoms with Crippen LogP contribution < -0.4 is 0 Å². The fraction of sp³-hybridized carbons (Fsp3) is 0.667. The zero-order valence-electron chi connectivity index (χ0n) is 4.15. The summed E-state index contributed by atoms with van der Waals surface area (Å²) in [7, 11) is 0. The SMILES string of the molecule is O=C(O)CCCl.[Na]. The number of hydrogen-bond acceptors (Lipinski definition) is 1. The van der Waals surface area contributed by atoms with Gasteiger partial charge in [0, 0.05) is 35.4 Å². The minimum atomic E-state index is -0.843. The molecule has 0 aromatic carbocycles. The van der Waals surface area contributed by atoms with E-state index < -0.39 is 5.97 Å². The Bertz CT molecular complexity index is 56.9. The first-order valence-electron chi connectivity index (χ1n) is 1.55. The molecular weight excluding hydrogens is 126 g/mol. The van der Waals surface area contributed by atoms with Crippen molar-refractivity contribution in [3.8, 4) is 0 Å². The standard InChI is InChI=1S/C3H5ClO2.Na/c4-2-1-3(5)6;/h1-2H2,(H,5,6);. The second kappa shape index (κ2) is 6.76. The van der Waals surface area contributed by atoms with Crippen molar-refractivity contribution in [1.29, 1.82) is 0 Å². The molecule has 7 heavy (non-hydrogen) atoms. The predicted molar refractivity (Wildman–Crippen MR) is 28.7 cm³/mol. The Morgan fingerprint density at radius 1 is 1.71 bits per heavy atom. The van der Waals surface area contributed by atoms with E-state index in [1.165, 1.54) is 0 Å². The van der Waals surface area contributed by atoms with Gasteiger partial charge in [0.15, 0.2) is 0 Å². The number of hydrogen-bond donors (Lipinski definition) is 1. The van der Waals surface area contributed by atoms with Crippen LogP contribution >= 0.6 is 11.6 Å². The Balaban J connectivity index is 0. The largest absolute Gasteiger partial charge is 0.481 e. The maximum atomic E-state index is 9.51. The summed E-state index contributed by atoms with van der Waals surface area (Å²) < 4.78 is 0. The van der Waals surface area contributed by atoms with Crippen molar-refractivity contribution in [2.24, 2.45) is 0 Å². The van der Waals surface area contributed by atoms with Gasteiger partial charge in [-0.3, -0.25) is 4.79 Å². The average molecular weight is 132 g/mol. The van der Waals surface area contributed by atoms with Gasteiger partial charge in [-0.25, -0.2) is 0 Å². The zero-order valence-corrected chi connectivity index (χ0v) is 6.90. The summed E-state index contributed by atoms with van der Waals surface area (Å²) >= 11 is 5.02. The summed E-state index contributed by atoms with van der Waals surface area (Å²) in [5.41, 5.74) is 0. The number of carboxylic acids is 1. The van der Waals surface area contributed by atoms with Crippen molar-refractivity contribution in [1.82, 2.24) is 0 Å². The molecule has 0 aromatic rings. The maximum Gasteiger partial charge on any atom is 0.304 e. The molecule has 0 rings (SSSR count). The molecule has 37 valence electrons. The molecule has 1 radical (unpaired) electrons. The Hall–Kier alpha value is 0.760. The molecule has 0 aliphatic heterocycles. The van der Waals surface area contributed by atoms with Gasteiger partial charge >= 0.3 is 5.97 Å². The quantitative estimate of drug-likeness (QED) is 0.433. The average Bonchev–Trinajstić information content (AvgIpc) is 1.35. The van der Waals surface area contributed by atoms with Crippen LogP contribution in [0.25, 0.3) is 0 Å². The molecule has 0 bridgehead atoms. The first kappa shape index (κ1) is 10.7. The van der Waals surface area contributed by atoms with Gasteiger partial charge in [0.25, 0.3) is 0 Å². The summed E-state index contributed by atoms with van der Waals surface area (Å²) in [6.07, 6.45) is 0.0571. The van der Waals surface area contributed by atoms with E-state index >= 15 is 0 Å². The van der Waals surface area contributed by atoms with Gasteiger partial charge in [0.2, 0.25) is 0 Å². The molecule has 0 unspecified atom stereocenters. The number of aliphatic carboxylic acids is 1. The fourth-order valence-corrected chi connectivity index (χ4v) is 0.243. The van der Waals surface area contributed by atoms with E-state index in [1.807, 2.05) is 0 Å². The molecule has 0 spiro atoms. The smallest absolute Gasteiger partial charge is 0.304 e. The van der Waals surface area contributed by atoms with Crippen LogP contribution in [0.1, 0.15) is 6.42 Å². The van der Waals surface area contributed by atoms with E-state index in [1.54, 1.807) is 0 Å². The molecule has 1 N–H and O–H groups in total. The summed E-state index contributed by atoms with van der Waals surface area (Å²) in [4.78, 5) is 9.51. The molecule has 0 saturated heterocycles. The van der Waals surface area contributed by atoms with Gasteiger partial charge < -0.3 is 5.11 Å². The van der Waals surface area contributed by atoms with Crippen LogP contribution in [0.3, 0.4) is 0 Å². The summed E-state index contributed by atoms with van der Waals surface area (Å²) in [6, 6.07) is 0. The number of alkyl halides is 1. The molecule has 0 atom stereocenters. The third-order valence-corrected chi connectivity index (χ3v) is 0.497. The van der Waals surface area contributed by atoms with Crippen LogP contribution in [0.15, 0.2) is 0 Å². The molecule has 0 heterocycles. The maximum absolute atomic E-state index is 9.51. The van der Waals surface area contributed by atoms with Gasteiger partial charge in [0.1, 0.15) is 0 Å². The van der Waals surface area contributed by atoms with E-state index in [9.17, 15) is 4.79 Å². The van der Waals surface area contributed by atoms with Gasteiger partial charge in [-0.15, -0.1) is 11.6 Å². The minimum Gasteiger partial charge on any atom is -0.481 e. The fourth-order valence-electron chi connectivity index (χ4n) is 0.0808. The molecule has 0 aliphatic carbocycles. The van der Waals surface area contributed by atoms with Crippen molar-refractivity contribution < 1.29 is 9.90 Å². The molecular formula is C3H5ClNaO2.